The maximum atomic E-state index is 10.0. The van der Waals surface area contributed by atoms with Crippen molar-refractivity contribution in [2.75, 3.05) is 12.3 Å². The normalized spacial score (nSPS) is 13.0. The van der Waals surface area contributed by atoms with E-state index in [0.29, 0.717) is 21.7 Å². The van der Waals surface area contributed by atoms with Crippen molar-refractivity contribution >= 4 is 45.6 Å². The summed E-state index contributed by atoms with van der Waals surface area (Å²) < 4.78 is 0.704. The number of hydrogen-bond acceptors (Lipinski definition) is 3. The van der Waals surface area contributed by atoms with Crippen molar-refractivity contribution in [1.82, 2.24) is 5.32 Å². The molecule has 0 saturated heterocycles. The molecule has 0 fully saturated rings. The molecule has 0 heterocycles. The Labute approximate surface area is 128 Å². The molecule has 0 aliphatic carbocycles. The van der Waals surface area contributed by atoms with Gasteiger partial charge in [0.2, 0.25) is 0 Å². The highest BCUT2D eigenvalue weighted by molar-refractivity contribution is 9.10. The largest absolute Gasteiger partial charge is 0.397 e. The van der Waals surface area contributed by atoms with Gasteiger partial charge in [0.05, 0.1) is 16.8 Å². The highest BCUT2D eigenvalue weighted by atomic mass is 79.9. The first-order valence-electron chi connectivity index (χ1n) is 5.38. The van der Waals surface area contributed by atoms with Gasteiger partial charge in [0, 0.05) is 16.6 Å². The molecule has 3 nitrogen and oxygen atoms in total. The van der Waals surface area contributed by atoms with Gasteiger partial charge >= 0.3 is 0 Å². The lowest BCUT2D eigenvalue weighted by Crippen LogP contribution is -2.38. The molecule has 0 radical (unpaired) electrons. The zero-order chi connectivity index (χ0) is 13.2. The molecule has 0 aliphatic rings. The van der Waals surface area contributed by atoms with E-state index in [2.05, 4.69) is 21.2 Å². The van der Waals surface area contributed by atoms with Crippen LogP contribution in [0.3, 0.4) is 0 Å². The molecule has 1 unspecified atom stereocenters. The minimum Gasteiger partial charge on any atom is -0.397 e. The molecule has 0 amide bonds. The topological polar surface area (TPSA) is 58.3 Å². The first-order chi connectivity index (χ1) is 7.70. The highest BCUT2D eigenvalue weighted by Crippen LogP contribution is 2.31. The van der Waals surface area contributed by atoms with Gasteiger partial charge in [-0.05, 0) is 54.4 Å². The number of hydrogen-bond donors (Lipinski definition) is 3. The monoisotopic (exact) mass is 356 g/mol. The van der Waals surface area contributed by atoms with Crippen LogP contribution >= 0.6 is 39.9 Å². The van der Waals surface area contributed by atoms with E-state index >= 15 is 0 Å². The summed E-state index contributed by atoms with van der Waals surface area (Å²) in [6.45, 7) is 6.61. The van der Waals surface area contributed by atoms with Gasteiger partial charge in [-0.15, -0.1) is 12.4 Å². The molecule has 6 heteroatoms. The van der Waals surface area contributed by atoms with Crippen molar-refractivity contribution in [3.63, 3.8) is 0 Å². The number of rotatable bonds is 3. The molecule has 18 heavy (non-hydrogen) atoms. The second-order valence-electron chi connectivity index (χ2n) is 5.04. The second kappa shape index (κ2) is 6.96. The summed E-state index contributed by atoms with van der Waals surface area (Å²) in [6.07, 6.45) is -0.608. The third-order valence-electron chi connectivity index (χ3n) is 2.31. The molecule has 0 bridgehead atoms. The molecular weight excluding hydrogens is 339 g/mol. The van der Waals surface area contributed by atoms with Crippen molar-refractivity contribution in [2.24, 2.45) is 0 Å². The Balaban J connectivity index is 0.00000289. The van der Waals surface area contributed by atoms with E-state index in [0.717, 1.165) is 5.56 Å². The van der Waals surface area contributed by atoms with Gasteiger partial charge in [-0.25, -0.2) is 0 Å². The van der Waals surface area contributed by atoms with E-state index < -0.39 is 6.10 Å². The van der Waals surface area contributed by atoms with E-state index in [9.17, 15) is 5.11 Å². The van der Waals surface area contributed by atoms with Crippen LogP contribution in [0.1, 0.15) is 32.4 Å². The molecule has 1 aromatic rings. The maximum absolute atomic E-state index is 10.0. The fraction of sp³-hybridized carbons (Fsp3) is 0.500. The molecule has 1 aromatic carbocycles. The van der Waals surface area contributed by atoms with Gasteiger partial charge in [-0.3, -0.25) is 0 Å². The average Bonchev–Trinajstić information content (AvgIpc) is 2.20. The lowest BCUT2D eigenvalue weighted by Gasteiger charge is -2.23. The van der Waals surface area contributed by atoms with Crippen molar-refractivity contribution in [2.45, 2.75) is 32.4 Å². The van der Waals surface area contributed by atoms with Gasteiger partial charge in [0.15, 0.2) is 0 Å². The summed E-state index contributed by atoms with van der Waals surface area (Å²) in [6, 6.07) is 3.48. The minimum absolute atomic E-state index is 0. The van der Waals surface area contributed by atoms with Crippen LogP contribution in [-0.2, 0) is 0 Å². The number of aliphatic hydroxyl groups is 1. The zero-order valence-corrected chi connectivity index (χ0v) is 13.8. The summed E-state index contributed by atoms with van der Waals surface area (Å²) in [5, 5.41) is 13.7. The molecular formula is C12H19BrCl2N2O. The first-order valence-corrected chi connectivity index (χ1v) is 6.55. The molecule has 0 spiro atoms. The lowest BCUT2D eigenvalue weighted by atomic mass is 10.1. The van der Waals surface area contributed by atoms with Crippen LogP contribution in [0.5, 0.6) is 0 Å². The summed E-state index contributed by atoms with van der Waals surface area (Å²) >= 11 is 9.28. The minimum atomic E-state index is -0.608. The molecule has 1 rings (SSSR count). The maximum Gasteiger partial charge on any atom is 0.0915 e. The fourth-order valence-corrected chi connectivity index (χ4v) is 2.14. The van der Waals surface area contributed by atoms with Gasteiger partial charge in [0.1, 0.15) is 0 Å². The number of nitrogens with two attached hydrogens (primary N) is 1. The van der Waals surface area contributed by atoms with E-state index in [4.69, 9.17) is 17.3 Å². The second-order valence-corrected chi connectivity index (χ2v) is 6.31. The van der Waals surface area contributed by atoms with Crippen molar-refractivity contribution in [1.29, 1.82) is 0 Å². The predicted octanol–water partition coefficient (Wildman–Crippen LogP) is 3.53. The van der Waals surface area contributed by atoms with Crippen LogP contribution in [0.4, 0.5) is 5.69 Å². The van der Waals surface area contributed by atoms with E-state index in [1.807, 2.05) is 20.8 Å². The van der Waals surface area contributed by atoms with Crippen molar-refractivity contribution < 1.29 is 5.11 Å². The summed E-state index contributed by atoms with van der Waals surface area (Å²) in [5.74, 6) is 0. The quantitative estimate of drug-likeness (QED) is 0.725. The Kier molecular flexibility index (Phi) is 6.96. The molecule has 4 N–H and O–H groups in total. The number of nitrogen functional groups attached to an aromatic ring is 1. The SMILES string of the molecule is CC(C)(C)NCC(O)c1cc(Cl)c(N)c(Br)c1.Cl. The summed E-state index contributed by atoms with van der Waals surface area (Å²) in [5.41, 5.74) is 6.92. The van der Waals surface area contributed by atoms with Gasteiger partial charge in [-0.1, -0.05) is 11.6 Å². The number of β-amino-alcohol motifs (C(OH)–C–C–N with tert-alkyl or cyclic N) is 1. The first kappa shape index (κ1) is 18.0. The third kappa shape index (κ3) is 5.33. The van der Waals surface area contributed by atoms with Gasteiger partial charge in [-0.2, -0.15) is 0 Å². The van der Waals surface area contributed by atoms with Crippen LogP contribution in [0.15, 0.2) is 16.6 Å². The number of anilines is 1. The van der Waals surface area contributed by atoms with E-state index in [-0.39, 0.29) is 17.9 Å². The van der Waals surface area contributed by atoms with Crippen LogP contribution in [0.25, 0.3) is 0 Å². The molecule has 1 atom stereocenters. The molecule has 0 aliphatic heterocycles. The average molecular weight is 358 g/mol. The third-order valence-corrected chi connectivity index (χ3v) is 3.28. The van der Waals surface area contributed by atoms with Crippen molar-refractivity contribution in [3.05, 3.63) is 27.2 Å². The fourth-order valence-electron chi connectivity index (χ4n) is 1.32. The summed E-state index contributed by atoms with van der Waals surface area (Å²) in [7, 11) is 0. The Hall–Kier alpha value is -0.0000000000000000555. The molecule has 0 saturated carbocycles. The zero-order valence-electron chi connectivity index (χ0n) is 10.6. The number of benzene rings is 1. The predicted molar refractivity (Wildman–Crippen MR) is 83.5 cm³/mol. The highest BCUT2D eigenvalue weighted by Gasteiger charge is 2.15. The van der Waals surface area contributed by atoms with Gasteiger partial charge < -0.3 is 16.2 Å². The molecule has 0 aromatic heterocycles. The van der Waals surface area contributed by atoms with Gasteiger partial charge in [0.25, 0.3) is 0 Å². The Morgan fingerprint density at radius 2 is 2.00 bits per heavy atom. The van der Waals surface area contributed by atoms with Crippen molar-refractivity contribution in [3.8, 4) is 0 Å². The van der Waals surface area contributed by atoms with E-state index in [1.54, 1.807) is 12.1 Å². The summed E-state index contributed by atoms with van der Waals surface area (Å²) in [4.78, 5) is 0. The Morgan fingerprint density at radius 3 is 2.44 bits per heavy atom. The van der Waals surface area contributed by atoms with Crippen LogP contribution in [0, 0.1) is 0 Å². The number of aliphatic hydroxyl groups excluding tert-OH is 1. The van der Waals surface area contributed by atoms with Crippen LogP contribution in [-0.4, -0.2) is 17.2 Å². The Morgan fingerprint density at radius 1 is 1.44 bits per heavy atom. The standard InChI is InChI=1S/C12H18BrClN2O.ClH/c1-12(2,3)16-6-10(17)7-4-8(13)11(15)9(14)5-7;/h4-5,10,16-17H,6,15H2,1-3H3;1H. The van der Waals surface area contributed by atoms with E-state index in [1.165, 1.54) is 0 Å². The Bertz CT molecular complexity index is 385. The number of halogens is 3. The lowest BCUT2D eigenvalue weighted by molar-refractivity contribution is 0.163. The smallest absolute Gasteiger partial charge is 0.0915 e. The number of nitrogens with one attached hydrogen (secondary N) is 1. The van der Waals surface area contributed by atoms with Crippen LogP contribution in [0.2, 0.25) is 5.02 Å². The van der Waals surface area contributed by atoms with Crippen LogP contribution < -0.4 is 11.1 Å². The molecule has 104 valence electrons.